The van der Waals surface area contributed by atoms with Crippen LogP contribution in [0.4, 0.5) is 13.2 Å². The molecule has 0 aliphatic carbocycles. The summed E-state index contributed by atoms with van der Waals surface area (Å²) in [5, 5.41) is 0. The number of amides is 1. The molecular weight excluding hydrogens is 211 g/mol. The van der Waals surface area contributed by atoms with E-state index in [4.69, 9.17) is 5.73 Å². The lowest BCUT2D eigenvalue weighted by Gasteiger charge is -2.17. The summed E-state index contributed by atoms with van der Waals surface area (Å²) < 4.78 is 41.1. The molecule has 0 aliphatic heterocycles. The topological polar surface area (TPSA) is 56.2 Å². The van der Waals surface area contributed by atoms with E-state index in [-0.39, 0.29) is 5.76 Å². The summed E-state index contributed by atoms with van der Waals surface area (Å²) in [7, 11) is 0. The van der Waals surface area contributed by atoms with Crippen molar-refractivity contribution in [2.75, 3.05) is 0 Å². The Morgan fingerprint density at radius 1 is 1.27 bits per heavy atom. The highest BCUT2D eigenvalue weighted by Crippen LogP contribution is 2.34. The first-order valence-electron chi connectivity index (χ1n) is 4.13. The van der Waals surface area contributed by atoms with Crippen LogP contribution in [-0.4, -0.2) is 5.91 Å². The number of furan rings is 1. The maximum atomic E-state index is 12.2. The van der Waals surface area contributed by atoms with Gasteiger partial charge >= 0.3 is 6.18 Å². The molecule has 84 valence electrons. The molecule has 6 heteroatoms. The van der Waals surface area contributed by atoms with Gasteiger partial charge in [0.05, 0.1) is 0 Å². The molecule has 3 nitrogen and oxygen atoms in total. The van der Waals surface area contributed by atoms with Gasteiger partial charge in [-0.2, -0.15) is 13.2 Å². The van der Waals surface area contributed by atoms with Crippen LogP contribution in [0.3, 0.4) is 0 Å². The summed E-state index contributed by atoms with van der Waals surface area (Å²) in [6.07, 6.45) is -4.55. The van der Waals surface area contributed by atoms with Gasteiger partial charge in [0.1, 0.15) is 11.2 Å². The summed E-state index contributed by atoms with van der Waals surface area (Å²) in [4.78, 5) is 11.0. The van der Waals surface area contributed by atoms with E-state index in [0.717, 1.165) is 12.1 Å². The fourth-order valence-corrected chi connectivity index (χ4v) is 0.948. The van der Waals surface area contributed by atoms with Gasteiger partial charge in [-0.1, -0.05) is 0 Å². The van der Waals surface area contributed by atoms with E-state index < -0.39 is 23.3 Å². The second kappa shape index (κ2) is 3.29. The first kappa shape index (κ1) is 11.6. The van der Waals surface area contributed by atoms with Gasteiger partial charge in [0.15, 0.2) is 0 Å². The maximum Gasteiger partial charge on any atom is 0.449 e. The minimum absolute atomic E-state index is 0.0951. The fourth-order valence-electron chi connectivity index (χ4n) is 0.948. The van der Waals surface area contributed by atoms with Gasteiger partial charge in [0.2, 0.25) is 11.7 Å². The Morgan fingerprint density at radius 3 is 2.07 bits per heavy atom. The number of alkyl halides is 3. The molecule has 1 heterocycles. The van der Waals surface area contributed by atoms with Crippen LogP contribution in [0.1, 0.15) is 25.4 Å². The monoisotopic (exact) mass is 221 g/mol. The SMILES string of the molecule is CC(C)(C(N)=O)c1ccc(C(F)(F)F)o1. The Morgan fingerprint density at radius 2 is 1.73 bits per heavy atom. The van der Waals surface area contributed by atoms with E-state index in [0.29, 0.717) is 0 Å². The zero-order valence-electron chi connectivity index (χ0n) is 8.18. The quantitative estimate of drug-likeness (QED) is 0.830. The summed E-state index contributed by atoms with van der Waals surface area (Å²) in [5.41, 5.74) is 3.79. The van der Waals surface area contributed by atoms with Crippen molar-refractivity contribution in [3.8, 4) is 0 Å². The third-order valence-corrected chi connectivity index (χ3v) is 2.12. The van der Waals surface area contributed by atoms with Gasteiger partial charge < -0.3 is 10.2 Å². The number of hydrogen-bond donors (Lipinski definition) is 1. The Kier molecular flexibility index (Phi) is 2.54. The molecular formula is C9H10F3NO2. The summed E-state index contributed by atoms with van der Waals surface area (Å²) in [6.45, 7) is 2.79. The highest BCUT2D eigenvalue weighted by Gasteiger charge is 2.38. The third-order valence-electron chi connectivity index (χ3n) is 2.12. The first-order valence-corrected chi connectivity index (χ1v) is 4.13. The van der Waals surface area contributed by atoms with E-state index >= 15 is 0 Å². The zero-order valence-corrected chi connectivity index (χ0v) is 8.18. The molecule has 0 bridgehead atoms. The van der Waals surface area contributed by atoms with Gasteiger partial charge in [-0.3, -0.25) is 4.79 Å². The molecule has 0 fully saturated rings. The summed E-state index contributed by atoms with van der Waals surface area (Å²) in [5.74, 6) is -1.97. The standard InChI is InChI=1S/C9H10F3NO2/c1-8(2,7(13)14)5-3-4-6(15-5)9(10,11)12/h3-4H,1-2H3,(H2,13,14). The lowest BCUT2D eigenvalue weighted by Crippen LogP contribution is -2.35. The molecule has 1 aromatic heterocycles. The molecule has 0 unspecified atom stereocenters. The zero-order chi connectivity index (χ0) is 11.9. The van der Waals surface area contributed by atoms with Crippen molar-refractivity contribution in [2.45, 2.75) is 25.4 Å². The predicted molar refractivity (Wildman–Crippen MR) is 45.9 cm³/mol. The minimum Gasteiger partial charge on any atom is -0.455 e. The van der Waals surface area contributed by atoms with Crippen LogP contribution in [0.25, 0.3) is 0 Å². The van der Waals surface area contributed by atoms with E-state index in [1.54, 1.807) is 0 Å². The van der Waals surface area contributed by atoms with Crippen molar-refractivity contribution < 1.29 is 22.4 Å². The second-order valence-electron chi connectivity index (χ2n) is 3.65. The maximum absolute atomic E-state index is 12.2. The highest BCUT2D eigenvalue weighted by molar-refractivity contribution is 5.84. The fraction of sp³-hybridized carbons (Fsp3) is 0.444. The van der Waals surface area contributed by atoms with E-state index in [2.05, 4.69) is 4.42 Å². The number of carbonyl (C=O) groups excluding carboxylic acids is 1. The second-order valence-corrected chi connectivity index (χ2v) is 3.65. The molecule has 0 atom stereocenters. The Balaban J connectivity index is 3.10. The normalized spacial score (nSPS) is 12.9. The summed E-state index contributed by atoms with van der Waals surface area (Å²) in [6, 6.07) is 1.88. The lowest BCUT2D eigenvalue weighted by molar-refractivity contribution is -0.154. The van der Waals surface area contributed by atoms with Crippen molar-refractivity contribution in [3.05, 3.63) is 23.7 Å². The molecule has 1 aromatic rings. The van der Waals surface area contributed by atoms with Gasteiger partial charge in [-0.15, -0.1) is 0 Å². The molecule has 0 radical (unpaired) electrons. The van der Waals surface area contributed by atoms with Crippen molar-refractivity contribution >= 4 is 5.91 Å². The molecule has 1 rings (SSSR count). The van der Waals surface area contributed by atoms with Crippen LogP contribution in [0, 0.1) is 0 Å². The number of hydrogen-bond acceptors (Lipinski definition) is 2. The smallest absolute Gasteiger partial charge is 0.449 e. The number of nitrogens with two attached hydrogens (primary N) is 1. The van der Waals surface area contributed by atoms with Crippen LogP contribution < -0.4 is 5.73 Å². The van der Waals surface area contributed by atoms with Crippen molar-refractivity contribution in [1.29, 1.82) is 0 Å². The predicted octanol–water partition coefficient (Wildman–Crippen LogP) is 2.06. The number of primary amides is 1. The van der Waals surface area contributed by atoms with Crippen LogP contribution in [0.15, 0.2) is 16.5 Å². The Labute approximate surface area is 84.0 Å². The van der Waals surface area contributed by atoms with Crippen molar-refractivity contribution in [1.82, 2.24) is 0 Å². The van der Waals surface area contributed by atoms with Gasteiger partial charge in [0.25, 0.3) is 0 Å². The van der Waals surface area contributed by atoms with Crippen LogP contribution >= 0.6 is 0 Å². The molecule has 2 N–H and O–H groups in total. The average Bonchev–Trinajstić information content (AvgIpc) is 2.50. The Bertz CT molecular complexity index is 379. The van der Waals surface area contributed by atoms with Crippen molar-refractivity contribution in [3.63, 3.8) is 0 Å². The van der Waals surface area contributed by atoms with E-state index in [9.17, 15) is 18.0 Å². The molecule has 0 aliphatic rings. The molecule has 1 amide bonds. The van der Waals surface area contributed by atoms with Gasteiger partial charge in [-0.05, 0) is 26.0 Å². The highest BCUT2D eigenvalue weighted by atomic mass is 19.4. The van der Waals surface area contributed by atoms with Gasteiger partial charge in [-0.25, -0.2) is 0 Å². The van der Waals surface area contributed by atoms with Crippen LogP contribution in [0.2, 0.25) is 0 Å². The van der Waals surface area contributed by atoms with E-state index in [1.165, 1.54) is 13.8 Å². The minimum atomic E-state index is -4.55. The van der Waals surface area contributed by atoms with Gasteiger partial charge in [0, 0.05) is 0 Å². The molecule has 0 saturated carbocycles. The summed E-state index contributed by atoms with van der Waals surface area (Å²) >= 11 is 0. The first-order chi connectivity index (χ1) is 6.65. The lowest BCUT2D eigenvalue weighted by atomic mass is 9.90. The molecule has 0 aromatic carbocycles. The number of rotatable bonds is 2. The third kappa shape index (κ3) is 2.14. The molecule has 15 heavy (non-hydrogen) atoms. The van der Waals surface area contributed by atoms with Crippen LogP contribution in [-0.2, 0) is 16.4 Å². The van der Waals surface area contributed by atoms with Crippen molar-refractivity contribution in [2.24, 2.45) is 5.73 Å². The van der Waals surface area contributed by atoms with Crippen LogP contribution in [0.5, 0.6) is 0 Å². The number of carbonyl (C=O) groups is 1. The number of halogens is 3. The molecule has 0 saturated heterocycles. The largest absolute Gasteiger partial charge is 0.455 e. The molecule has 0 spiro atoms. The Hall–Kier alpha value is -1.46. The van der Waals surface area contributed by atoms with E-state index in [1.807, 2.05) is 0 Å². The average molecular weight is 221 g/mol.